The van der Waals surface area contributed by atoms with Gasteiger partial charge >= 0.3 is 0 Å². The highest BCUT2D eigenvalue weighted by molar-refractivity contribution is 5.99. The fraction of sp³-hybridized carbons (Fsp3) is 0.455. The van der Waals surface area contributed by atoms with Crippen LogP contribution in [-0.4, -0.2) is 33.8 Å². The molecule has 3 N–H and O–H groups in total. The number of hydroxylamine groups is 1. The molecule has 8 nitrogen and oxygen atoms in total. The third kappa shape index (κ3) is 6.52. The first kappa shape index (κ1) is 23.3. The zero-order valence-electron chi connectivity index (χ0n) is 17.3. The van der Waals surface area contributed by atoms with Crippen LogP contribution in [0.15, 0.2) is 36.4 Å². The molecule has 4 amide bonds. The fourth-order valence-corrected chi connectivity index (χ4v) is 3.49. The molecule has 1 aromatic rings. The van der Waals surface area contributed by atoms with Gasteiger partial charge in [0.05, 0.1) is 11.8 Å². The minimum atomic E-state index is -0.868. The van der Waals surface area contributed by atoms with Gasteiger partial charge in [-0.3, -0.25) is 29.8 Å². The highest BCUT2D eigenvalue weighted by Crippen LogP contribution is 2.26. The van der Waals surface area contributed by atoms with Crippen LogP contribution in [-0.2, 0) is 19.2 Å². The highest BCUT2D eigenvalue weighted by Gasteiger charge is 2.36. The molecule has 0 bridgehead atoms. The number of benzene rings is 1. The first-order valence-corrected chi connectivity index (χ1v) is 10.1. The van der Waals surface area contributed by atoms with E-state index in [1.807, 2.05) is 50.3 Å². The zero-order valence-corrected chi connectivity index (χ0v) is 17.3. The molecule has 0 spiro atoms. The van der Waals surface area contributed by atoms with Crippen molar-refractivity contribution in [1.82, 2.24) is 15.9 Å². The van der Waals surface area contributed by atoms with Gasteiger partial charge in [0.15, 0.2) is 0 Å². The number of carbonyl (C=O) groups is 4. The molecular formula is C22H29N3O5. The molecule has 0 aliphatic carbocycles. The molecular weight excluding hydrogens is 386 g/mol. The molecule has 1 aliphatic rings. The lowest BCUT2D eigenvalue weighted by Gasteiger charge is -2.30. The monoisotopic (exact) mass is 415 g/mol. The van der Waals surface area contributed by atoms with Gasteiger partial charge in [0.25, 0.3) is 0 Å². The average molecular weight is 415 g/mol. The number of rotatable bonds is 9. The van der Waals surface area contributed by atoms with Crippen LogP contribution in [0.25, 0.3) is 6.08 Å². The summed E-state index contributed by atoms with van der Waals surface area (Å²) in [6.07, 6.45) is 4.97. The lowest BCUT2D eigenvalue weighted by atomic mass is 9.82. The number of piperidine rings is 1. The Bertz CT molecular complexity index is 775. The molecule has 1 saturated heterocycles. The molecule has 1 aromatic carbocycles. The van der Waals surface area contributed by atoms with Gasteiger partial charge in [-0.05, 0) is 30.7 Å². The number of nitrogens with zero attached hydrogens (tertiary/aromatic N) is 1. The van der Waals surface area contributed by atoms with Crippen LogP contribution >= 0.6 is 0 Å². The van der Waals surface area contributed by atoms with Crippen LogP contribution in [0.1, 0.15) is 51.5 Å². The number of amides is 4. The van der Waals surface area contributed by atoms with Gasteiger partial charge in [0.1, 0.15) is 0 Å². The second kappa shape index (κ2) is 11.3. The van der Waals surface area contributed by atoms with Crippen molar-refractivity contribution in [3.05, 3.63) is 42.0 Å². The summed E-state index contributed by atoms with van der Waals surface area (Å²) in [5.74, 6) is -3.84. The van der Waals surface area contributed by atoms with Crippen molar-refractivity contribution in [3.8, 4) is 0 Å². The minimum Gasteiger partial charge on any atom is -0.289 e. The van der Waals surface area contributed by atoms with E-state index >= 15 is 0 Å². The first-order chi connectivity index (χ1) is 14.3. The summed E-state index contributed by atoms with van der Waals surface area (Å²) in [7, 11) is 0. The Balaban J connectivity index is 2.20. The van der Waals surface area contributed by atoms with E-state index in [0.717, 1.165) is 10.6 Å². The van der Waals surface area contributed by atoms with Crippen LogP contribution in [0.5, 0.6) is 0 Å². The molecule has 0 aromatic heterocycles. The predicted molar refractivity (Wildman–Crippen MR) is 110 cm³/mol. The van der Waals surface area contributed by atoms with E-state index in [0.29, 0.717) is 12.8 Å². The van der Waals surface area contributed by atoms with E-state index in [-0.39, 0.29) is 25.2 Å². The smallest absolute Gasteiger partial charge is 0.248 e. The normalized spacial score (nSPS) is 16.6. The summed E-state index contributed by atoms with van der Waals surface area (Å²) in [5.41, 5.74) is 4.98. The number of carbonyl (C=O) groups excluding carboxylic acids is 4. The molecule has 1 fully saturated rings. The van der Waals surface area contributed by atoms with Crippen LogP contribution < -0.4 is 10.9 Å². The standard InChI is InChI=1S/C22H29N3O5/c1-15(2)14-18(21(28)23-25-19(26)12-7-13-20(25)27)17(22(29)24-30)11-6-10-16-8-4-3-5-9-16/h3-6,8-10,15,17-18,30H,7,11-14H2,1-2H3,(H,23,28)(H,24,29)/b10-6+/t17-,18+/m0/s1. The Labute approximate surface area is 176 Å². The van der Waals surface area contributed by atoms with Crippen molar-refractivity contribution in [3.63, 3.8) is 0 Å². The third-order valence-corrected chi connectivity index (χ3v) is 5.00. The fourth-order valence-electron chi connectivity index (χ4n) is 3.49. The molecule has 1 heterocycles. The lowest BCUT2D eigenvalue weighted by molar-refractivity contribution is -0.158. The number of nitrogens with one attached hydrogen (secondary N) is 2. The van der Waals surface area contributed by atoms with Crippen LogP contribution in [0.3, 0.4) is 0 Å². The summed E-state index contributed by atoms with van der Waals surface area (Å²) in [6.45, 7) is 3.82. The topological polar surface area (TPSA) is 116 Å². The van der Waals surface area contributed by atoms with E-state index in [1.165, 1.54) is 0 Å². The van der Waals surface area contributed by atoms with Crippen molar-refractivity contribution in [2.24, 2.45) is 17.8 Å². The SMILES string of the molecule is CC(C)C[C@@H](C(=O)NN1C(=O)CCCC1=O)[C@H](C/C=C/c1ccccc1)C(=O)NO. The van der Waals surface area contributed by atoms with Crippen molar-refractivity contribution in [2.45, 2.75) is 46.0 Å². The quantitative estimate of drug-likeness (QED) is 0.325. The Morgan fingerprint density at radius 2 is 1.70 bits per heavy atom. The lowest BCUT2D eigenvalue weighted by Crippen LogP contribution is -2.54. The molecule has 1 aliphatic heterocycles. The highest BCUT2D eigenvalue weighted by atomic mass is 16.5. The van der Waals surface area contributed by atoms with Gasteiger partial charge in [-0.2, -0.15) is 5.01 Å². The van der Waals surface area contributed by atoms with E-state index in [4.69, 9.17) is 0 Å². The third-order valence-electron chi connectivity index (χ3n) is 5.00. The molecule has 0 saturated carbocycles. The Morgan fingerprint density at radius 3 is 2.27 bits per heavy atom. The van der Waals surface area contributed by atoms with Crippen molar-refractivity contribution < 1.29 is 24.4 Å². The largest absolute Gasteiger partial charge is 0.289 e. The maximum absolute atomic E-state index is 13.0. The Hall–Kier alpha value is -3.00. The van der Waals surface area contributed by atoms with E-state index in [9.17, 15) is 24.4 Å². The number of hydrazine groups is 1. The van der Waals surface area contributed by atoms with Crippen molar-refractivity contribution in [2.75, 3.05) is 0 Å². The average Bonchev–Trinajstić information content (AvgIpc) is 2.72. The predicted octanol–water partition coefficient (Wildman–Crippen LogP) is 2.44. The summed E-state index contributed by atoms with van der Waals surface area (Å²) < 4.78 is 0. The van der Waals surface area contributed by atoms with Crippen LogP contribution in [0, 0.1) is 17.8 Å². The molecule has 0 radical (unpaired) electrons. The second-order valence-electron chi connectivity index (χ2n) is 7.82. The van der Waals surface area contributed by atoms with E-state index in [1.54, 1.807) is 11.6 Å². The summed E-state index contributed by atoms with van der Waals surface area (Å²) in [5, 5.41) is 9.97. The Morgan fingerprint density at radius 1 is 1.07 bits per heavy atom. The van der Waals surface area contributed by atoms with Gasteiger partial charge in [0, 0.05) is 12.8 Å². The molecule has 8 heteroatoms. The number of imide groups is 1. The van der Waals surface area contributed by atoms with Crippen LogP contribution in [0.4, 0.5) is 0 Å². The zero-order chi connectivity index (χ0) is 22.1. The van der Waals surface area contributed by atoms with Gasteiger partial charge < -0.3 is 0 Å². The maximum atomic E-state index is 13.0. The van der Waals surface area contributed by atoms with Gasteiger partial charge in [-0.15, -0.1) is 0 Å². The van der Waals surface area contributed by atoms with Crippen LogP contribution in [0.2, 0.25) is 0 Å². The molecule has 2 atom stereocenters. The second-order valence-corrected chi connectivity index (χ2v) is 7.82. The molecule has 0 unspecified atom stereocenters. The number of allylic oxidation sites excluding steroid dienone is 1. The summed E-state index contributed by atoms with van der Waals surface area (Å²) >= 11 is 0. The molecule has 162 valence electrons. The minimum absolute atomic E-state index is 0.0700. The first-order valence-electron chi connectivity index (χ1n) is 10.1. The van der Waals surface area contributed by atoms with Crippen molar-refractivity contribution >= 4 is 29.7 Å². The summed E-state index contributed by atoms with van der Waals surface area (Å²) in [6, 6.07) is 9.48. The van der Waals surface area contributed by atoms with E-state index < -0.39 is 35.5 Å². The van der Waals surface area contributed by atoms with Gasteiger partial charge in [0.2, 0.25) is 23.6 Å². The summed E-state index contributed by atoms with van der Waals surface area (Å²) in [4.78, 5) is 49.4. The number of hydrogen-bond acceptors (Lipinski definition) is 5. The van der Waals surface area contributed by atoms with Gasteiger partial charge in [-0.25, -0.2) is 5.48 Å². The molecule has 2 rings (SSSR count). The number of hydrogen-bond donors (Lipinski definition) is 3. The van der Waals surface area contributed by atoms with Gasteiger partial charge in [-0.1, -0.05) is 56.3 Å². The van der Waals surface area contributed by atoms with Crippen molar-refractivity contribution in [1.29, 1.82) is 0 Å². The maximum Gasteiger partial charge on any atom is 0.248 e. The van der Waals surface area contributed by atoms with E-state index in [2.05, 4.69) is 5.43 Å². The molecule has 30 heavy (non-hydrogen) atoms. The Kier molecular flexibility index (Phi) is 8.73.